The Balaban J connectivity index is 5.33. The summed E-state index contributed by atoms with van der Waals surface area (Å²) in [7, 11) is -13.2. The van der Waals surface area contributed by atoms with Gasteiger partial charge in [0.05, 0.1) is 18.5 Å². The van der Waals surface area contributed by atoms with Crippen LogP contribution in [0.3, 0.4) is 0 Å². The standard InChI is InChI=1S/C9H24NO9P3/c1-7(4-20(11,12)13)10(8(2)5-21(14,15)16)9(3)6-22(17,18)19/h7-9H,4-6H2,1-3H3,(H2,11,12,13)(H2,14,15,16)(H2,17,18,19). The fourth-order valence-electron chi connectivity index (χ4n) is 2.62. The van der Waals surface area contributed by atoms with Crippen LogP contribution < -0.4 is 0 Å². The van der Waals surface area contributed by atoms with Gasteiger partial charge in [-0.25, -0.2) is 0 Å². The molecule has 0 aromatic rings. The molecule has 0 saturated carbocycles. The molecule has 0 fully saturated rings. The second-order valence-corrected chi connectivity index (χ2v) is 10.6. The minimum absolute atomic E-state index is 0.579. The molecule has 0 rings (SSSR count). The van der Waals surface area contributed by atoms with Crippen LogP contribution in [0.5, 0.6) is 0 Å². The first-order valence-electron chi connectivity index (χ1n) is 6.43. The zero-order chi connectivity index (χ0) is 17.9. The Morgan fingerprint density at radius 3 is 0.955 bits per heavy atom. The lowest BCUT2D eigenvalue weighted by Crippen LogP contribution is -2.50. The Bertz CT molecular complexity index is 423. The van der Waals surface area contributed by atoms with Gasteiger partial charge in [-0.15, -0.1) is 0 Å². The Morgan fingerprint density at radius 1 is 0.636 bits per heavy atom. The molecular weight excluding hydrogens is 359 g/mol. The van der Waals surface area contributed by atoms with E-state index in [-0.39, 0.29) is 0 Å². The molecule has 10 nitrogen and oxygen atoms in total. The Morgan fingerprint density at radius 2 is 0.818 bits per heavy atom. The fraction of sp³-hybridized carbons (Fsp3) is 1.00. The van der Waals surface area contributed by atoms with Gasteiger partial charge >= 0.3 is 22.8 Å². The van der Waals surface area contributed by atoms with Crippen LogP contribution in [0.25, 0.3) is 0 Å². The van der Waals surface area contributed by atoms with Crippen molar-refractivity contribution < 1.29 is 43.1 Å². The Kier molecular flexibility index (Phi) is 8.14. The molecular formula is C9H24NO9P3. The molecule has 0 aliphatic rings. The van der Waals surface area contributed by atoms with Crippen LogP contribution in [-0.4, -0.2) is 70.9 Å². The van der Waals surface area contributed by atoms with Gasteiger partial charge in [-0.1, -0.05) is 0 Å². The number of rotatable bonds is 9. The zero-order valence-electron chi connectivity index (χ0n) is 12.6. The van der Waals surface area contributed by atoms with Gasteiger partial charge in [0.25, 0.3) is 0 Å². The molecule has 6 N–H and O–H groups in total. The van der Waals surface area contributed by atoms with Gasteiger partial charge in [0, 0.05) is 18.1 Å². The van der Waals surface area contributed by atoms with Gasteiger partial charge in [-0.3, -0.25) is 18.6 Å². The normalized spacial score (nSPS) is 18.3. The van der Waals surface area contributed by atoms with E-state index < -0.39 is 59.4 Å². The molecule has 13 heteroatoms. The van der Waals surface area contributed by atoms with Crippen molar-refractivity contribution in [3.63, 3.8) is 0 Å². The lowest BCUT2D eigenvalue weighted by atomic mass is 10.1. The average Bonchev–Trinajstić information content (AvgIpc) is 2.06. The summed E-state index contributed by atoms with van der Waals surface area (Å²) in [5.74, 6) is 0. The monoisotopic (exact) mass is 383 g/mol. The minimum atomic E-state index is -4.39. The molecule has 134 valence electrons. The minimum Gasteiger partial charge on any atom is -0.324 e. The van der Waals surface area contributed by atoms with Crippen molar-refractivity contribution >= 4 is 22.8 Å². The highest BCUT2D eigenvalue weighted by Gasteiger charge is 2.35. The molecule has 0 aromatic heterocycles. The lowest BCUT2D eigenvalue weighted by molar-refractivity contribution is 0.127. The highest BCUT2D eigenvalue weighted by Crippen LogP contribution is 2.42. The quantitative estimate of drug-likeness (QED) is 0.297. The van der Waals surface area contributed by atoms with Gasteiger partial charge < -0.3 is 29.4 Å². The van der Waals surface area contributed by atoms with E-state index in [2.05, 4.69) is 0 Å². The summed E-state index contributed by atoms with van der Waals surface area (Å²) in [6.45, 7) is 4.31. The number of hydrogen-bond acceptors (Lipinski definition) is 4. The summed E-state index contributed by atoms with van der Waals surface area (Å²) < 4.78 is 33.4. The summed E-state index contributed by atoms with van der Waals surface area (Å²) >= 11 is 0. The van der Waals surface area contributed by atoms with E-state index in [1.165, 1.54) is 25.7 Å². The highest BCUT2D eigenvalue weighted by molar-refractivity contribution is 7.52. The van der Waals surface area contributed by atoms with Gasteiger partial charge in [-0.2, -0.15) is 0 Å². The predicted molar refractivity (Wildman–Crippen MR) is 81.0 cm³/mol. The van der Waals surface area contributed by atoms with Gasteiger partial charge in [0.2, 0.25) is 0 Å². The molecule has 0 aliphatic carbocycles. The van der Waals surface area contributed by atoms with Crippen molar-refractivity contribution in [2.24, 2.45) is 0 Å². The summed E-state index contributed by atoms with van der Waals surface area (Å²) in [6.07, 6.45) is -1.74. The molecule has 0 radical (unpaired) electrons. The van der Waals surface area contributed by atoms with Crippen molar-refractivity contribution in [3.8, 4) is 0 Å². The molecule has 3 unspecified atom stereocenters. The van der Waals surface area contributed by atoms with Crippen LogP contribution in [0.15, 0.2) is 0 Å². The van der Waals surface area contributed by atoms with Crippen LogP contribution in [0.4, 0.5) is 0 Å². The van der Waals surface area contributed by atoms with Crippen LogP contribution >= 0.6 is 22.8 Å². The molecule has 3 atom stereocenters. The SMILES string of the molecule is CC(CP(=O)(O)O)N(C(C)CP(=O)(O)O)C(C)CP(=O)(O)O. The summed E-state index contributed by atoms with van der Waals surface area (Å²) in [6, 6.07) is -2.45. The molecule has 0 aliphatic heterocycles. The first-order chi connectivity index (χ1) is 9.52. The second kappa shape index (κ2) is 7.99. The number of hydrogen-bond donors (Lipinski definition) is 6. The van der Waals surface area contributed by atoms with Crippen molar-refractivity contribution in [2.45, 2.75) is 38.9 Å². The third-order valence-electron chi connectivity index (χ3n) is 3.03. The van der Waals surface area contributed by atoms with E-state index in [0.29, 0.717) is 0 Å². The fourth-order valence-corrected chi connectivity index (χ4v) is 5.25. The van der Waals surface area contributed by atoms with Crippen molar-refractivity contribution in [3.05, 3.63) is 0 Å². The molecule has 0 bridgehead atoms. The van der Waals surface area contributed by atoms with Crippen molar-refractivity contribution in [1.29, 1.82) is 0 Å². The summed E-state index contributed by atoms with van der Waals surface area (Å²) in [5, 5.41) is 0. The Hall–Kier alpha value is 0.410. The zero-order valence-corrected chi connectivity index (χ0v) is 15.2. The number of nitrogens with zero attached hydrogens (tertiary/aromatic N) is 1. The summed E-state index contributed by atoms with van der Waals surface area (Å²) in [4.78, 5) is 55.6. The topological polar surface area (TPSA) is 176 Å². The van der Waals surface area contributed by atoms with E-state index in [4.69, 9.17) is 29.4 Å². The second-order valence-electron chi connectivity index (χ2n) is 5.54. The van der Waals surface area contributed by atoms with E-state index in [0.717, 1.165) is 0 Å². The van der Waals surface area contributed by atoms with Crippen LogP contribution in [0.2, 0.25) is 0 Å². The van der Waals surface area contributed by atoms with Crippen molar-refractivity contribution in [2.75, 3.05) is 18.5 Å². The average molecular weight is 383 g/mol. The molecule has 22 heavy (non-hydrogen) atoms. The summed E-state index contributed by atoms with van der Waals surface area (Å²) in [5.41, 5.74) is 0. The predicted octanol–water partition coefficient (Wildman–Crippen LogP) is -0.0130. The van der Waals surface area contributed by atoms with Crippen LogP contribution in [0, 0.1) is 0 Å². The van der Waals surface area contributed by atoms with Crippen molar-refractivity contribution in [1.82, 2.24) is 4.90 Å². The van der Waals surface area contributed by atoms with Gasteiger partial charge in [-0.05, 0) is 20.8 Å². The van der Waals surface area contributed by atoms with Crippen LogP contribution in [-0.2, 0) is 13.7 Å². The van der Waals surface area contributed by atoms with E-state index in [1.54, 1.807) is 0 Å². The van der Waals surface area contributed by atoms with Gasteiger partial charge in [0.15, 0.2) is 0 Å². The maximum atomic E-state index is 11.1. The first kappa shape index (κ1) is 22.4. The Labute approximate surface area is 129 Å². The molecule has 0 aromatic carbocycles. The van der Waals surface area contributed by atoms with E-state index in [9.17, 15) is 13.7 Å². The third kappa shape index (κ3) is 10.2. The molecule has 0 heterocycles. The third-order valence-corrected chi connectivity index (χ3v) is 6.05. The molecule has 0 amide bonds. The van der Waals surface area contributed by atoms with E-state index in [1.807, 2.05) is 0 Å². The smallest absolute Gasteiger partial charge is 0.324 e. The first-order valence-corrected chi connectivity index (χ1v) is 11.8. The molecule has 0 spiro atoms. The maximum absolute atomic E-state index is 11.1. The van der Waals surface area contributed by atoms with Crippen LogP contribution in [0.1, 0.15) is 20.8 Å². The maximum Gasteiger partial charge on any atom is 0.327 e. The lowest BCUT2D eigenvalue weighted by Gasteiger charge is -2.39. The van der Waals surface area contributed by atoms with E-state index >= 15 is 0 Å². The van der Waals surface area contributed by atoms with Gasteiger partial charge in [0.1, 0.15) is 0 Å². The molecule has 0 saturated heterocycles. The largest absolute Gasteiger partial charge is 0.327 e. The highest BCUT2D eigenvalue weighted by atomic mass is 31.2.